The van der Waals surface area contributed by atoms with E-state index >= 15 is 0 Å². The number of benzene rings is 2. The van der Waals surface area contributed by atoms with Gasteiger partial charge in [-0.15, -0.1) is 12.6 Å². The van der Waals surface area contributed by atoms with E-state index in [4.69, 9.17) is 0 Å². The van der Waals surface area contributed by atoms with Gasteiger partial charge in [-0.3, -0.25) is 0 Å². The second-order valence-electron chi connectivity index (χ2n) is 3.92. The van der Waals surface area contributed by atoms with Gasteiger partial charge in [0.2, 0.25) is 0 Å². The van der Waals surface area contributed by atoms with Gasteiger partial charge in [0.15, 0.2) is 0 Å². The Kier molecular flexibility index (Phi) is 6.59. The largest absolute Gasteiger partial charge is 0.143 e. The minimum Gasteiger partial charge on any atom is -0.143 e. The fraction of sp³-hybridized carbons (Fsp3) is 0.294. The second kappa shape index (κ2) is 7.99. The van der Waals surface area contributed by atoms with Gasteiger partial charge in [-0.1, -0.05) is 69.7 Å². The van der Waals surface area contributed by atoms with Gasteiger partial charge in [0.25, 0.3) is 0 Å². The lowest BCUT2D eigenvalue weighted by Gasteiger charge is -2.10. The van der Waals surface area contributed by atoms with Crippen molar-refractivity contribution in [3.8, 4) is 11.1 Å². The van der Waals surface area contributed by atoms with E-state index in [2.05, 4.69) is 56.0 Å². The van der Waals surface area contributed by atoms with Crippen LogP contribution in [0.25, 0.3) is 11.1 Å². The van der Waals surface area contributed by atoms with Crippen LogP contribution in [0.5, 0.6) is 0 Å². The molecule has 0 bridgehead atoms. The molecule has 0 unspecified atom stereocenters. The van der Waals surface area contributed by atoms with E-state index in [-0.39, 0.29) is 0 Å². The first-order chi connectivity index (χ1) is 8.83. The van der Waals surface area contributed by atoms with Gasteiger partial charge in [0.1, 0.15) is 0 Å². The molecule has 0 nitrogen and oxygen atoms in total. The molecular formula is C17H22S. The number of rotatable bonds is 3. The molecule has 0 saturated carbocycles. The lowest BCUT2D eigenvalue weighted by atomic mass is 9.97. The lowest BCUT2D eigenvalue weighted by molar-refractivity contribution is 0.923. The lowest BCUT2D eigenvalue weighted by Crippen LogP contribution is -1.89. The molecule has 0 radical (unpaired) electrons. The molecule has 18 heavy (non-hydrogen) atoms. The van der Waals surface area contributed by atoms with Crippen LogP contribution in [0.15, 0.2) is 53.4 Å². The van der Waals surface area contributed by atoms with E-state index in [0.29, 0.717) is 0 Å². The van der Waals surface area contributed by atoms with Crippen LogP contribution in [0, 0.1) is 0 Å². The Morgan fingerprint density at radius 2 is 1.39 bits per heavy atom. The number of hydrogen-bond acceptors (Lipinski definition) is 1. The summed E-state index contributed by atoms with van der Waals surface area (Å²) < 4.78 is 0. The van der Waals surface area contributed by atoms with Crippen molar-refractivity contribution in [3.05, 3.63) is 54.1 Å². The average Bonchev–Trinajstić information content (AvgIpc) is 2.43. The number of hydrogen-bond donors (Lipinski definition) is 1. The van der Waals surface area contributed by atoms with Crippen LogP contribution < -0.4 is 0 Å². The fourth-order valence-electron chi connectivity index (χ4n) is 1.97. The summed E-state index contributed by atoms with van der Waals surface area (Å²) in [5, 5.41) is 0. The van der Waals surface area contributed by atoms with Gasteiger partial charge in [0, 0.05) is 4.90 Å². The van der Waals surface area contributed by atoms with E-state index in [1.165, 1.54) is 23.1 Å². The molecule has 0 saturated heterocycles. The molecule has 0 atom stereocenters. The van der Waals surface area contributed by atoms with Crippen molar-refractivity contribution in [1.82, 2.24) is 0 Å². The first-order valence-corrected chi connectivity index (χ1v) is 7.14. The molecule has 0 aromatic heterocycles. The van der Waals surface area contributed by atoms with Crippen molar-refractivity contribution in [2.45, 2.75) is 38.5 Å². The summed E-state index contributed by atoms with van der Waals surface area (Å²) in [6.07, 6.45) is 2.30. The third-order valence-corrected chi connectivity index (χ3v) is 3.12. The van der Waals surface area contributed by atoms with Crippen LogP contribution in [0.1, 0.15) is 32.8 Å². The molecular weight excluding hydrogens is 236 g/mol. The quantitative estimate of drug-likeness (QED) is 0.679. The molecule has 1 heteroatoms. The highest BCUT2D eigenvalue weighted by Crippen LogP contribution is 2.29. The zero-order valence-corrected chi connectivity index (χ0v) is 12.4. The molecule has 0 spiro atoms. The van der Waals surface area contributed by atoms with Crippen LogP contribution in [0.4, 0.5) is 0 Å². The van der Waals surface area contributed by atoms with E-state index in [1.54, 1.807) is 0 Å². The number of thiol groups is 1. The van der Waals surface area contributed by atoms with Crippen molar-refractivity contribution < 1.29 is 0 Å². The molecule has 96 valence electrons. The highest BCUT2D eigenvalue weighted by atomic mass is 32.1. The highest BCUT2D eigenvalue weighted by molar-refractivity contribution is 7.80. The molecule has 0 heterocycles. The average molecular weight is 258 g/mol. The number of aryl methyl sites for hydroxylation is 1. The Labute approximate surface area is 116 Å². The fourth-order valence-corrected chi connectivity index (χ4v) is 2.25. The minimum atomic E-state index is 1.05. The van der Waals surface area contributed by atoms with Crippen molar-refractivity contribution >= 4 is 12.6 Å². The first-order valence-electron chi connectivity index (χ1n) is 6.69. The SMILES string of the molecule is CC.CCCc1ccccc1-c1ccccc1S. The third-order valence-electron chi connectivity index (χ3n) is 2.73. The van der Waals surface area contributed by atoms with Crippen molar-refractivity contribution in [2.75, 3.05) is 0 Å². The molecule has 0 aliphatic rings. The van der Waals surface area contributed by atoms with E-state index in [9.17, 15) is 0 Å². The van der Waals surface area contributed by atoms with Crippen LogP contribution in [-0.2, 0) is 6.42 Å². The van der Waals surface area contributed by atoms with Crippen LogP contribution in [-0.4, -0.2) is 0 Å². The Bertz CT molecular complexity index is 475. The van der Waals surface area contributed by atoms with Crippen molar-refractivity contribution in [3.63, 3.8) is 0 Å². The predicted octanol–water partition coefficient (Wildman–Crippen LogP) is 5.62. The first kappa shape index (κ1) is 14.8. The maximum Gasteiger partial charge on any atom is 0.0119 e. The Balaban J connectivity index is 0.000000771. The predicted molar refractivity (Wildman–Crippen MR) is 84.5 cm³/mol. The van der Waals surface area contributed by atoms with E-state index in [1.807, 2.05) is 26.0 Å². The Hall–Kier alpha value is -1.21. The molecule has 0 aliphatic carbocycles. The van der Waals surface area contributed by atoms with Gasteiger partial charge in [-0.25, -0.2) is 0 Å². The summed E-state index contributed by atoms with van der Waals surface area (Å²) in [5.74, 6) is 0. The molecule has 0 N–H and O–H groups in total. The van der Waals surface area contributed by atoms with Gasteiger partial charge >= 0.3 is 0 Å². The molecule has 2 rings (SSSR count). The summed E-state index contributed by atoms with van der Waals surface area (Å²) in [6.45, 7) is 6.21. The summed E-state index contributed by atoms with van der Waals surface area (Å²) in [7, 11) is 0. The molecule has 0 aliphatic heterocycles. The van der Waals surface area contributed by atoms with E-state index < -0.39 is 0 Å². The zero-order chi connectivity index (χ0) is 13.4. The van der Waals surface area contributed by atoms with Crippen molar-refractivity contribution in [1.29, 1.82) is 0 Å². The Morgan fingerprint density at radius 1 is 0.833 bits per heavy atom. The minimum absolute atomic E-state index is 1.05. The van der Waals surface area contributed by atoms with E-state index in [0.717, 1.165) is 11.3 Å². The molecule has 0 fully saturated rings. The Morgan fingerprint density at radius 3 is 2.00 bits per heavy atom. The summed E-state index contributed by atoms with van der Waals surface area (Å²) in [4.78, 5) is 1.05. The molecule has 2 aromatic rings. The van der Waals surface area contributed by atoms with Gasteiger partial charge in [0.05, 0.1) is 0 Å². The van der Waals surface area contributed by atoms with Crippen molar-refractivity contribution in [2.24, 2.45) is 0 Å². The maximum atomic E-state index is 4.52. The standard InChI is InChI=1S/C15H16S.C2H6/c1-2-7-12-8-3-4-9-13(12)14-10-5-6-11-15(14)16;1-2/h3-6,8-11,16H,2,7H2,1H3;1-2H3. The maximum absolute atomic E-state index is 4.52. The smallest absolute Gasteiger partial charge is 0.0119 e. The van der Waals surface area contributed by atoms with Gasteiger partial charge in [-0.05, 0) is 29.2 Å². The normalized spacial score (nSPS) is 9.56. The van der Waals surface area contributed by atoms with Crippen LogP contribution in [0.2, 0.25) is 0 Å². The molecule has 0 amide bonds. The van der Waals surface area contributed by atoms with Gasteiger partial charge in [-0.2, -0.15) is 0 Å². The van der Waals surface area contributed by atoms with Gasteiger partial charge < -0.3 is 0 Å². The second-order valence-corrected chi connectivity index (χ2v) is 4.41. The van der Waals surface area contributed by atoms with Crippen LogP contribution in [0.3, 0.4) is 0 Å². The topological polar surface area (TPSA) is 0 Å². The summed E-state index contributed by atoms with van der Waals surface area (Å²) >= 11 is 4.52. The zero-order valence-electron chi connectivity index (χ0n) is 11.5. The van der Waals surface area contributed by atoms with Crippen LogP contribution >= 0.6 is 12.6 Å². The summed E-state index contributed by atoms with van der Waals surface area (Å²) in [6, 6.07) is 16.9. The monoisotopic (exact) mass is 258 g/mol. The summed E-state index contributed by atoms with van der Waals surface area (Å²) in [5.41, 5.74) is 3.95. The highest BCUT2D eigenvalue weighted by Gasteiger charge is 2.05. The third kappa shape index (κ3) is 3.64. The molecule has 2 aromatic carbocycles.